The standard InChI is InChI=1S/C4H8.CH4.3BF4.K.H/c1-3-4-2;;3*2-1(3,4)5;;/h3-4H,1-2H3;1H4;;;;;/q;;3*-1;;. The summed E-state index contributed by atoms with van der Waals surface area (Å²) < 4.78 is 117. The first-order chi connectivity index (χ1) is 7.91. The average molecular weight is 373 g/mol. The van der Waals surface area contributed by atoms with Gasteiger partial charge in [-0.05, 0) is 13.8 Å². The van der Waals surface area contributed by atoms with E-state index in [4.69, 9.17) is 0 Å². The van der Waals surface area contributed by atoms with Gasteiger partial charge in [0.25, 0.3) is 0 Å². The van der Waals surface area contributed by atoms with Crippen molar-refractivity contribution < 1.29 is 51.8 Å². The van der Waals surface area contributed by atoms with Gasteiger partial charge in [-0.1, -0.05) is 19.6 Å². The summed E-state index contributed by atoms with van der Waals surface area (Å²) in [6, 6.07) is 0. The Kier molecular flexibility index (Phi) is 33.7. The molecular weight excluding hydrogens is 360 g/mol. The SMILES string of the molecule is C.CC=CC.F[B-](F)(F)F.F[B-](F)(F)F.F[B-](F)(F)F.[KH]. The van der Waals surface area contributed by atoms with E-state index < -0.39 is 21.8 Å². The second kappa shape index (κ2) is 18.8. The van der Waals surface area contributed by atoms with E-state index >= 15 is 0 Å². The third-order valence-electron chi connectivity index (χ3n) is 0.333. The Bertz CT molecular complexity index is 158. The van der Waals surface area contributed by atoms with Crippen LogP contribution in [0.1, 0.15) is 21.3 Å². The molecule has 0 heterocycles. The third kappa shape index (κ3) is 2430. The van der Waals surface area contributed by atoms with Crippen molar-refractivity contribution in [2.45, 2.75) is 21.3 Å². The van der Waals surface area contributed by atoms with Crippen LogP contribution < -0.4 is 0 Å². The Labute approximate surface area is 157 Å². The van der Waals surface area contributed by atoms with Crippen molar-refractivity contribution in [3.63, 3.8) is 0 Å². The van der Waals surface area contributed by atoms with Gasteiger partial charge in [0.2, 0.25) is 0 Å². The maximum atomic E-state index is 9.75. The molecule has 0 aromatic carbocycles. The first-order valence-corrected chi connectivity index (χ1v) is 4.11. The molecule has 21 heavy (non-hydrogen) atoms. The molecule has 0 rings (SSSR count). The molecule has 0 fully saturated rings. The molecule has 0 aliphatic carbocycles. The topological polar surface area (TPSA) is 0 Å². The van der Waals surface area contributed by atoms with Gasteiger partial charge in [0.05, 0.1) is 0 Å². The van der Waals surface area contributed by atoms with Crippen molar-refractivity contribution >= 4 is 73.1 Å². The quantitative estimate of drug-likeness (QED) is 0.300. The summed E-state index contributed by atoms with van der Waals surface area (Å²) in [5, 5.41) is 0. The molecule has 0 saturated carbocycles. The van der Waals surface area contributed by atoms with Gasteiger partial charge in [-0.25, -0.2) is 0 Å². The van der Waals surface area contributed by atoms with Gasteiger partial charge in [-0.3, -0.25) is 0 Å². The minimum absolute atomic E-state index is 0. The molecule has 130 valence electrons. The third-order valence-corrected chi connectivity index (χ3v) is 0.333. The van der Waals surface area contributed by atoms with Crippen LogP contribution in [0.2, 0.25) is 0 Å². The molecule has 0 N–H and O–H groups in total. The number of hydrogen-bond acceptors (Lipinski definition) is 0. The predicted octanol–water partition coefficient (Wildman–Crippen LogP) is 5.47. The summed E-state index contributed by atoms with van der Waals surface area (Å²) in [4.78, 5) is 0. The Morgan fingerprint density at radius 1 is 0.476 bits per heavy atom. The first-order valence-electron chi connectivity index (χ1n) is 4.11. The summed E-state index contributed by atoms with van der Waals surface area (Å²) in [6.07, 6.45) is 4.00. The van der Waals surface area contributed by atoms with Gasteiger partial charge in [-0.2, -0.15) is 0 Å². The van der Waals surface area contributed by atoms with Crippen LogP contribution in [0.15, 0.2) is 12.2 Å². The molecule has 0 saturated heterocycles. The number of hydrogen-bond donors (Lipinski definition) is 0. The number of halogens is 12. The first kappa shape index (κ1) is 37.7. The summed E-state index contributed by atoms with van der Waals surface area (Å²) in [5.41, 5.74) is 0. The van der Waals surface area contributed by atoms with E-state index in [1.165, 1.54) is 0 Å². The fourth-order valence-electron chi connectivity index (χ4n) is 0. The normalized spacial score (nSPS) is 10.4. The Hall–Kier alpha value is 0.731. The second-order valence-electron chi connectivity index (χ2n) is 2.15. The molecule has 0 atom stereocenters. The van der Waals surface area contributed by atoms with E-state index in [0.29, 0.717) is 0 Å². The van der Waals surface area contributed by atoms with Gasteiger partial charge < -0.3 is 51.8 Å². The molecule has 0 aromatic heterocycles. The van der Waals surface area contributed by atoms with Crippen LogP contribution >= 0.6 is 0 Å². The minimum atomic E-state index is -6.00. The molecule has 0 aromatic rings. The average Bonchev–Trinajstić information content (AvgIpc) is 1.93. The van der Waals surface area contributed by atoms with E-state index in [9.17, 15) is 51.8 Å². The van der Waals surface area contributed by atoms with E-state index in [0.717, 1.165) is 0 Å². The number of rotatable bonds is 0. The molecule has 0 aliphatic rings. The van der Waals surface area contributed by atoms with Gasteiger partial charge in [0.1, 0.15) is 0 Å². The molecule has 0 amide bonds. The molecule has 0 unspecified atom stereocenters. The Morgan fingerprint density at radius 3 is 0.524 bits per heavy atom. The molecule has 16 heteroatoms. The van der Waals surface area contributed by atoms with E-state index in [-0.39, 0.29) is 58.8 Å². The zero-order valence-corrected chi connectivity index (χ0v) is 9.42. The Morgan fingerprint density at radius 2 is 0.524 bits per heavy atom. The second-order valence-corrected chi connectivity index (χ2v) is 2.15. The van der Waals surface area contributed by atoms with Crippen molar-refractivity contribution in [3.05, 3.63) is 12.2 Å². The number of allylic oxidation sites excluding steroid dienone is 2. The predicted molar refractivity (Wildman–Crippen MR) is 64.9 cm³/mol. The molecule has 0 radical (unpaired) electrons. The fraction of sp³-hybridized carbons (Fsp3) is 0.600. The van der Waals surface area contributed by atoms with Crippen LogP contribution in [0.4, 0.5) is 51.8 Å². The van der Waals surface area contributed by atoms with Crippen LogP contribution in [0.3, 0.4) is 0 Å². The van der Waals surface area contributed by atoms with E-state index in [1.54, 1.807) is 0 Å². The van der Waals surface area contributed by atoms with Crippen LogP contribution in [-0.4, -0.2) is 73.1 Å². The Balaban J connectivity index is -0.0000000347. The van der Waals surface area contributed by atoms with Gasteiger partial charge in [0.15, 0.2) is 0 Å². The van der Waals surface area contributed by atoms with Gasteiger partial charge in [0, 0.05) is 0 Å². The molecule has 0 nitrogen and oxygen atoms in total. The van der Waals surface area contributed by atoms with Crippen molar-refractivity contribution in [2.75, 3.05) is 0 Å². The van der Waals surface area contributed by atoms with E-state index in [1.807, 2.05) is 26.0 Å². The maximum absolute atomic E-state index is 9.75. The molecule has 0 aliphatic heterocycles. The van der Waals surface area contributed by atoms with Crippen molar-refractivity contribution in [1.29, 1.82) is 0 Å². The summed E-state index contributed by atoms with van der Waals surface area (Å²) in [7, 11) is -18.0. The van der Waals surface area contributed by atoms with Crippen LogP contribution in [-0.2, 0) is 0 Å². The zero-order valence-electron chi connectivity index (χ0n) is 9.42. The summed E-state index contributed by atoms with van der Waals surface area (Å²) in [5.74, 6) is 0. The molecule has 0 bridgehead atoms. The van der Waals surface area contributed by atoms with Crippen molar-refractivity contribution in [1.82, 2.24) is 0 Å². The van der Waals surface area contributed by atoms with Crippen LogP contribution in [0.25, 0.3) is 0 Å². The fourth-order valence-corrected chi connectivity index (χ4v) is 0. The zero-order chi connectivity index (χ0) is 16.9. The summed E-state index contributed by atoms with van der Waals surface area (Å²) in [6.45, 7) is 4.00. The molecular formula is C5H13B3F12K-3. The van der Waals surface area contributed by atoms with Crippen LogP contribution in [0, 0.1) is 0 Å². The summed E-state index contributed by atoms with van der Waals surface area (Å²) >= 11 is 0. The van der Waals surface area contributed by atoms with Gasteiger partial charge in [-0.15, -0.1) is 0 Å². The van der Waals surface area contributed by atoms with Crippen LogP contribution in [0.5, 0.6) is 0 Å². The van der Waals surface area contributed by atoms with Crippen molar-refractivity contribution in [3.8, 4) is 0 Å². The van der Waals surface area contributed by atoms with Gasteiger partial charge >= 0.3 is 73.1 Å². The van der Waals surface area contributed by atoms with Crippen molar-refractivity contribution in [2.24, 2.45) is 0 Å². The van der Waals surface area contributed by atoms with E-state index in [2.05, 4.69) is 0 Å². The monoisotopic (exact) mass is 373 g/mol. The molecule has 0 spiro atoms.